The molecule has 1 aliphatic rings. The number of hydrogen-bond donors (Lipinski definition) is 2. The Kier molecular flexibility index (Phi) is 6.71. The summed E-state index contributed by atoms with van der Waals surface area (Å²) in [7, 11) is 0. The molecule has 0 bridgehead atoms. The van der Waals surface area contributed by atoms with Crippen LogP contribution in [0.15, 0.2) is 48.5 Å². The van der Waals surface area contributed by atoms with Crippen LogP contribution in [0.3, 0.4) is 0 Å². The lowest BCUT2D eigenvalue weighted by atomic mass is 10.0. The van der Waals surface area contributed by atoms with Gasteiger partial charge in [0.1, 0.15) is 5.75 Å². The molecule has 0 spiro atoms. The Labute approximate surface area is 161 Å². The Morgan fingerprint density at radius 1 is 1.19 bits per heavy atom. The number of nitrogens with two attached hydrogens (primary N) is 1. The molecule has 1 heterocycles. The van der Waals surface area contributed by atoms with Gasteiger partial charge < -0.3 is 15.8 Å². The molecule has 1 aliphatic heterocycles. The summed E-state index contributed by atoms with van der Waals surface area (Å²) < 4.78 is 5.57. The van der Waals surface area contributed by atoms with E-state index in [1.54, 1.807) is 18.2 Å². The van der Waals surface area contributed by atoms with Crippen molar-refractivity contribution >= 4 is 11.6 Å². The van der Waals surface area contributed by atoms with Crippen molar-refractivity contribution in [1.29, 1.82) is 0 Å². The van der Waals surface area contributed by atoms with Crippen LogP contribution < -0.4 is 15.8 Å². The highest BCUT2D eigenvalue weighted by Crippen LogP contribution is 2.23. The van der Waals surface area contributed by atoms with Gasteiger partial charge in [0, 0.05) is 31.2 Å². The van der Waals surface area contributed by atoms with Crippen molar-refractivity contribution < 1.29 is 9.53 Å². The summed E-state index contributed by atoms with van der Waals surface area (Å²) in [4.78, 5) is 15.0. The third-order valence-corrected chi connectivity index (χ3v) is 4.91. The standard InChI is InChI=1S/C22H29N3O2/c1-2-14-27-21-9-8-18(15-20(21)23)22(26)24-19-10-12-25(13-11-19)16-17-6-4-3-5-7-17/h3-9,15,19H,2,10-14,16,23H2,1H3,(H,24,26). The predicted molar refractivity (Wildman–Crippen MR) is 109 cm³/mol. The zero-order valence-corrected chi connectivity index (χ0v) is 16.0. The van der Waals surface area contributed by atoms with Crippen LogP contribution in [0.4, 0.5) is 5.69 Å². The Morgan fingerprint density at radius 3 is 2.59 bits per heavy atom. The van der Waals surface area contributed by atoms with Gasteiger partial charge in [-0.3, -0.25) is 9.69 Å². The minimum atomic E-state index is -0.0646. The average Bonchev–Trinajstić information content (AvgIpc) is 2.69. The van der Waals surface area contributed by atoms with Crippen LogP contribution in [0.5, 0.6) is 5.75 Å². The van der Waals surface area contributed by atoms with E-state index in [0.29, 0.717) is 23.6 Å². The lowest BCUT2D eigenvalue weighted by molar-refractivity contribution is 0.0909. The van der Waals surface area contributed by atoms with Crippen molar-refractivity contribution in [3.05, 3.63) is 59.7 Å². The molecule has 27 heavy (non-hydrogen) atoms. The zero-order chi connectivity index (χ0) is 19.1. The third-order valence-electron chi connectivity index (χ3n) is 4.91. The molecule has 5 nitrogen and oxygen atoms in total. The van der Waals surface area contributed by atoms with Crippen molar-refractivity contribution in [2.75, 3.05) is 25.4 Å². The number of piperidine rings is 1. The van der Waals surface area contributed by atoms with E-state index < -0.39 is 0 Å². The Balaban J connectivity index is 1.48. The molecule has 0 unspecified atom stereocenters. The van der Waals surface area contributed by atoms with Crippen molar-refractivity contribution in [3.8, 4) is 5.75 Å². The molecular weight excluding hydrogens is 338 g/mol. The van der Waals surface area contributed by atoms with E-state index >= 15 is 0 Å². The molecular formula is C22H29N3O2. The monoisotopic (exact) mass is 367 g/mol. The molecule has 0 atom stereocenters. The second kappa shape index (κ2) is 9.42. The van der Waals surface area contributed by atoms with Crippen LogP contribution in [0.2, 0.25) is 0 Å². The van der Waals surface area contributed by atoms with Crippen LogP contribution in [0.1, 0.15) is 42.1 Å². The van der Waals surface area contributed by atoms with Crippen LogP contribution >= 0.6 is 0 Å². The van der Waals surface area contributed by atoms with E-state index in [1.807, 2.05) is 13.0 Å². The SMILES string of the molecule is CCCOc1ccc(C(=O)NC2CCN(Cc3ccccc3)CC2)cc1N. The molecule has 1 amide bonds. The fraction of sp³-hybridized carbons (Fsp3) is 0.409. The predicted octanol–water partition coefficient (Wildman–Crippen LogP) is 3.45. The topological polar surface area (TPSA) is 67.6 Å². The van der Waals surface area contributed by atoms with Gasteiger partial charge in [-0.25, -0.2) is 0 Å². The quantitative estimate of drug-likeness (QED) is 0.736. The molecule has 3 N–H and O–H groups in total. The normalized spacial score (nSPS) is 15.4. The van der Waals surface area contributed by atoms with Crippen molar-refractivity contribution in [3.63, 3.8) is 0 Å². The first-order valence-electron chi connectivity index (χ1n) is 9.75. The Bertz CT molecular complexity index is 740. The van der Waals surface area contributed by atoms with Gasteiger partial charge in [0.05, 0.1) is 12.3 Å². The number of hydrogen-bond acceptors (Lipinski definition) is 4. The number of benzene rings is 2. The number of nitrogens with zero attached hydrogens (tertiary/aromatic N) is 1. The first kappa shape index (κ1) is 19.2. The molecule has 0 aromatic heterocycles. The number of nitrogens with one attached hydrogen (secondary N) is 1. The Hall–Kier alpha value is -2.53. The van der Waals surface area contributed by atoms with Gasteiger partial charge in [-0.15, -0.1) is 0 Å². The zero-order valence-electron chi connectivity index (χ0n) is 16.0. The average molecular weight is 367 g/mol. The molecule has 0 radical (unpaired) electrons. The summed E-state index contributed by atoms with van der Waals surface area (Å²) in [5, 5.41) is 3.15. The molecule has 3 rings (SSSR count). The smallest absolute Gasteiger partial charge is 0.251 e. The highest BCUT2D eigenvalue weighted by atomic mass is 16.5. The minimum absolute atomic E-state index is 0.0646. The highest BCUT2D eigenvalue weighted by Gasteiger charge is 2.21. The van der Waals surface area contributed by atoms with Crippen molar-refractivity contribution in [1.82, 2.24) is 10.2 Å². The van der Waals surface area contributed by atoms with Crippen LogP contribution in [-0.4, -0.2) is 36.5 Å². The lowest BCUT2D eigenvalue weighted by Crippen LogP contribution is -2.44. The van der Waals surface area contributed by atoms with E-state index in [4.69, 9.17) is 10.5 Å². The number of anilines is 1. The number of carbonyl (C=O) groups excluding carboxylic acids is 1. The lowest BCUT2D eigenvalue weighted by Gasteiger charge is -2.32. The molecule has 144 valence electrons. The van der Waals surface area contributed by atoms with E-state index in [0.717, 1.165) is 38.9 Å². The summed E-state index contributed by atoms with van der Waals surface area (Å²) in [5.41, 5.74) is 8.44. The second-order valence-electron chi connectivity index (χ2n) is 7.11. The molecule has 2 aromatic rings. The molecule has 0 aliphatic carbocycles. The first-order valence-corrected chi connectivity index (χ1v) is 9.75. The van der Waals surface area contributed by atoms with Crippen LogP contribution in [0, 0.1) is 0 Å². The van der Waals surface area contributed by atoms with Gasteiger partial charge >= 0.3 is 0 Å². The third kappa shape index (κ3) is 5.47. The summed E-state index contributed by atoms with van der Waals surface area (Å²) >= 11 is 0. The van der Waals surface area contributed by atoms with Gasteiger partial charge in [0.25, 0.3) is 5.91 Å². The number of carbonyl (C=O) groups is 1. The van der Waals surface area contributed by atoms with E-state index in [1.165, 1.54) is 5.56 Å². The molecule has 2 aromatic carbocycles. The highest BCUT2D eigenvalue weighted by molar-refractivity contribution is 5.95. The largest absolute Gasteiger partial charge is 0.491 e. The van der Waals surface area contributed by atoms with Gasteiger partial charge in [0.2, 0.25) is 0 Å². The number of amides is 1. The summed E-state index contributed by atoms with van der Waals surface area (Å²) in [6.07, 6.45) is 2.85. The fourth-order valence-corrected chi connectivity index (χ4v) is 3.38. The van der Waals surface area contributed by atoms with Gasteiger partial charge in [0.15, 0.2) is 0 Å². The second-order valence-corrected chi connectivity index (χ2v) is 7.11. The number of rotatable bonds is 7. The van der Waals surface area contributed by atoms with Crippen LogP contribution in [-0.2, 0) is 6.54 Å². The number of ether oxygens (including phenoxy) is 1. The molecule has 1 saturated heterocycles. The maximum atomic E-state index is 12.5. The minimum Gasteiger partial charge on any atom is -0.491 e. The fourth-order valence-electron chi connectivity index (χ4n) is 3.38. The van der Waals surface area contributed by atoms with E-state index in [2.05, 4.69) is 34.5 Å². The van der Waals surface area contributed by atoms with Crippen molar-refractivity contribution in [2.24, 2.45) is 0 Å². The van der Waals surface area contributed by atoms with Crippen molar-refractivity contribution in [2.45, 2.75) is 38.8 Å². The van der Waals surface area contributed by atoms with E-state index in [-0.39, 0.29) is 11.9 Å². The maximum Gasteiger partial charge on any atom is 0.251 e. The van der Waals surface area contributed by atoms with Crippen LogP contribution in [0.25, 0.3) is 0 Å². The van der Waals surface area contributed by atoms with Gasteiger partial charge in [-0.1, -0.05) is 37.3 Å². The molecule has 1 fully saturated rings. The number of nitrogen functional groups attached to an aromatic ring is 1. The maximum absolute atomic E-state index is 12.5. The van der Waals surface area contributed by atoms with Gasteiger partial charge in [-0.05, 0) is 43.0 Å². The molecule has 5 heteroatoms. The van der Waals surface area contributed by atoms with Gasteiger partial charge in [-0.2, -0.15) is 0 Å². The Morgan fingerprint density at radius 2 is 1.93 bits per heavy atom. The van der Waals surface area contributed by atoms with E-state index in [9.17, 15) is 4.79 Å². The first-order chi connectivity index (χ1) is 13.2. The summed E-state index contributed by atoms with van der Waals surface area (Å²) in [5.74, 6) is 0.577. The summed E-state index contributed by atoms with van der Waals surface area (Å²) in [6.45, 7) is 5.62. The number of likely N-dealkylation sites (tertiary alicyclic amines) is 1. The summed E-state index contributed by atoms with van der Waals surface area (Å²) in [6, 6.07) is 16.0. The molecule has 0 saturated carbocycles.